The van der Waals surface area contributed by atoms with Crippen LogP contribution in [0.25, 0.3) is 0 Å². The van der Waals surface area contributed by atoms with E-state index in [9.17, 15) is 18.4 Å². The molecule has 1 saturated heterocycles. The highest BCUT2D eigenvalue weighted by Gasteiger charge is 2.21. The Morgan fingerprint density at radius 3 is 2.31 bits per heavy atom. The van der Waals surface area contributed by atoms with Gasteiger partial charge in [0.15, 0.2) is 11.6 Å². The molecule has 1 fully saturated rings. The second-order valence-electron chi connectivity index (χ2n) is 7.31. The van der Waals surface area contributed by atoms with Crippen molar-refractivity contribution in [3.05, 3.63) is 65.2 Å². The summed E-state index contributed by atoms with van der Waals surface area (Å²) in [6.45, 7) is 5.25. The van der Waals surface area contributed by atoms with Crippen LogP contribution in [0.3, 0.4) is 0 Å². The maximum Gasteiger partial charge on any atom is 0.227 e. The van der Waals surface area contributed by atoms with E-state index in [1.54, 1.807) is 0 Å². The average Bonchev–Trinajstić information content (AvgIpc) is 2.71. The normalized spacial score (nSPS) is 14.7. The van der Waals surface area contributed by atoms with Gasteiger partial charge in [0.25, 0.3) is 0 Å². The quantitative estimate of drug-likeness (QED) is 0.810. The molecule has 1 N–H and O–H groups in total. The summed E-state index contributed by atoms with van der Waals surface area (Å²) in [4.78, 5) is 28.5. The number of carbonyl (C=O) groups is 2. The summed E-state index contributed by atoms with van der Waals surface area (Å²) < 4.78 is 26.1. The molecule has 29 heavy (non-hydrogen) atoms. The van der Waals surface area contributed by atoms with E-state index in [0.29, 0.717) is 39.1 Å². The van der Waals surface area contributed by atoms with E-state index in [1.165, 1.54) is 11.6 Å². The van der Waals surface area contributed by atoms with Gasteiger partial charge in [-0.2, -0.15) is 0 Å². The maximum absolute atomic E-state index is 13.2. The first-order valence-corrected chi connectivity index (χ1v) is 9.71. The van der Waals surface area contributed by atoms with Crippen LogP contribution >= 0.6 is 0 Å². The Hall–Kier alpha value is -2.80. The summed E-state index contributed by atoms with van der Waals surface area (Å²) in [6.07, 6.45) is 0.646. The first-order valence-electron chi connectivity index (χ1n) is 9.71. The average molecular weight is 401 g/mol. The standard InChI is InChI=1S/C22H25F2N3O2/c1-16-2-4-17(5-3-16)14-22(29)27-12-10-26(11-13-27)9-8-21(28)25-18-6-7-19(23)20(24)15-18/h2-7,15H,8-14H2,1H3,(H,25,28). The number of amides is 2. The van der Waals surface area contributed by atoms with Crippen LogP contribution in [-0.4, -0.2) is 54.3 Å². The van der Waals surface area contributed by atoms with Gasteiger partial charge in [0.2, 0.25) is 11.8 Å². The van der Waals surface area contributed by atoms with Gasteiger partial charge in [-0.15, -0.1) is 0 Å². The summed E-state index contributed by atoms with van der Waals surface area (Å²) in [5.41, 5.74) is 2.42. The second-order valence-corrected chi connectivity index (χ2v) is 7.31. The minimum absolute atomic E-state index is 0.115. The van der Waals surface area contributed by atoms with Crippen molar-refractivity contribution in [2.45, 2.75) is 19.8 Å². The molecule has 3 rings (SSSR count). The number of benzene rings is 2. The number of anilines is 1. The number of halogens is 2. The van der Waals surface area contributed by atoms with E-state index in [0.717, 1.165) is 17.7 Å². The number of nitrogens with zero attached hydrogens (tertiary/aromatic N) is 2. The van der Waals surface area contributed by atoms with Crippen LogP contribution in [0.4, 0.5) is 14.5 Å². The molecule has 1 aliphatic rings. The number of piperazine rings is 1. The van der Waals surface area contributed by atoms with Crippen molar-refractivity contribution in [1.82, 2.24) is 9.80 Å². The molecule has 0 spiro atoms. The van der Waals surface area contributed by atoms with Crippen molar-refractivity contribution in [2.24, 2.45) is 0 Å². The van der Waals surface area contributed by atoms with Crippen LogP contribution in [0, 0.1) is 18.6 Å². The summed E-state index contributed by atoms with van der Waals surface area (Å²) >= 11 is 0. The van der Waals surface area contributed by atoms with Crippen LogP contribution in [0.2, 0.25) is 0 Å². The number of nitrogens with one attached hydrogen (secondary N) is 1. The highest BCUT2D eigenvalue weighted by atomic mass is 19.2. The third-order valence-corrected chi connectivity index (χ3v) is 5.06. The molecule has 154 valence electrons. The van der Waals surface area contributed by atoms with E-state index in [1.807, 2.05) is 36.1 Å². The molecule has 5 nitrogen and oxygen atoms in total. The second kappa shape index (κ2) is 9.60. The van der Waals surface area contributed by atoms with Gasteiger partial charge < -0.3 is 10.2 Å². The topological polar surface area (TPSA) is 52.7 Å². The van der Waals surface area contributed by atoms with E-state index >= 15 is 0 Å². The van der Waals surface area contributed by atoms with Crippen LogP contribution < -0.4 is 5.32 Å². The van der Waals surface area contributed by atoms with Crippen molar-refractivity contribution in [3.63, 3.8) is 0 Å². The molecule has 0 saturated carbocycles. The lowest BCUT2D eigenvalue weighted by Crippen LogP contribution is -2.49. The van der Waals surface area contributed by atoms with Crippen molar-refractivity contribution < 1.29 is 18.4 Å². The van der Waals surface area contributed by atoms with E-state index in [-0.39, 0.29) is 23.9 Å². The molecule has 0 aliphatic carbocycles. The van der Waals surface area contributed by atoms with Gasteiger partial charge >= 0.3 is 0 Å². The molecule has 1 aliphatic heterocycles. The number of aryl methyl sites for hydroxylation is 1. The zero-order valence-electron chi connectivity index (χ0n) is 16.5. The summed E-state index contributed by atoms with van der Waals surface area (Å²) in [5.74, 6) is -2.08. The van der Waals surface area contributed by atoms with Crippen molar-refractivity contribution in [2.75, 3.05) is 38.0 Å². The highest BCUT2D eigenvalue weighted by molar-refractivity contribution is 5.90. The first-order chi connectivity index (χ1) is 13.9. The molecule has 0 unspecified atom stereocenters. The zero-order chi connectivity index (χ0) is 20.8. The van der Waals surface area contributed by atoms with Crippen LogP contribution in [0.15, 0.2) is 42.5 Å². The van der Waals surface area contributed by atoms with E-state index in [2.05, 4.69) is 10.2 Å². The zero-order valence-corrected chi connectivity index (χ0v) is 16.5. The molecule has 0 aromatic heterocycles. The third kappa shape index (κ3) is 6.09. The van der Waals surface area contributed by atoms with E-state index < -0.39 is 11.6 Å². The minimum Gasteiger partial charge on any atom is -0.340 e. The van der Waals surface area contributed by atoms with Crippen LogP contribution in [0.5, 0.6) is 0 Å². The Labute approximate surface area is 169 Å². The minimum atomic E-state index is -0.991. The summed E-state index contributed by atoms with van der Waals surface area (Å²) in [7, 11) is 0. The number of carbonyl (C=O) groups excluding carboxylic acids is 2. The Bertz CT molecular complexity index is 863. The predicted molar refractivity (Wildman–Crippen MR) is 108 cm³/mol. The number of hydrogen-bond acceptors (Lipinski definition) is 3. The van der Waals surface area contributed by atoms with Crippen molar-refractivity contribution in [3.8, 4) is 0 Å². The van der Waals surface area contributed by atoms with Crippen molar-refractivity contribution >= 4 is 17.5 Å². The molecule has 7 heteroatoms. The van der Waals surface area contributed by atoms with Gasteiger partial charge in [-0.25, -0.2) is 8.78 Å². The molecule has 0 radical (unpaired) electrons. The predicted octanol–water partition coefficient (Wildman–Crippen LogP) is 2.99. The highest BCUT2D eigenvalue weighted by Crippen LogP contribution is 2.14. The molecular formula is C22H25F2N3O2. The van der Waals surface area contributed by atoms with Gasteiger partial charge in [0.05, 0.1) is 6.42 Å². The Morgan fingerprint density at radius 1 is 0.966 bits per heavy atom. The molecular weight excluding hydrogens is 376 g/mol. The SMILES string of the molecule is Cc1ccc(CC(=O)N2CCN(CCC(=O)Nc3ccc(F)c(F)c3)CC2)cc1. The molecule has 2 aromatic carbocycles. The van der Waals surface area contributed by atoms with Crippen molar-refractivity contribution in [1.29, 1.82) is 0 Å². The Kier molecular flexibility index (Phi) is 6.93. The maximum atomic E-state index is 13.2. The Morgan fingerprint density at radius 2 is 1.66 bits per heavy atom. The summed E-state index contributed by atoms with van der Waals surface area (Å²) in [5, 5.41) is 2.57. The van der Waals surface area contributed by atoms with Gasteiger partial charge in [-0.3, -0.25) is 14.5 Å². The summed E-state index contributed by atoms with van der Waals surface area (Å²) in [6, 6.07) is 11.3. The number of rotatable bonds is 6. The van der Waals surface area contributed by atoms with E-state index in [4.69, 9.17) is 0 Å². The lowest BCUT2D eigenvalue weighted by Gasteiger charge is -2.34. The fourth-order valence-corrected chi connectivity index (χ4v) is 3.27. The number of hydrogen-bond donors (Lipinski definition) is 1. The molecule has 1 heterocycles. The van der Waals surface area contributed by atoms with Gasteiger partial charge in [-0.05, 0) is 24.6 Å². The lowest BCUT2D eigenvalue weighted by atomic mass is 10.1. The molecule has 2 amide bonds. The monoisotopic (exact) mass is 401 g/mol. The third-order valence-electron chi connectivity index (χ3n) is 5.06. The fraction of sp³-hybridized carbons (Fsp3) is 0.364. The first kappa shape index (κ1) is 20.9. The smallest absolute Gasteiger partial charge is 0.227 e. The van der Waals surface area contributed by atoms with Gasteiger partial charge in [0, 0.05) is 50.9 Å². The Balaban J connectivity index is 1.39. The largest absolute Gasteiger partial charge is 0.340 e. The van der Waals surface area contributed by atoms with Crippen LogP contribution in [-0.2, 0) is 16.0 Å². The molecule has 0 atom stereocenters. The lowest BCUT2D eigenvalue weighted by molar-refractivity contribution is -0.132. The fourth-order valence-electron chi connectivity index (χ4n) is 3.27. The van der Waals surface area contributed by atoms with Gasteiger partial charge in [-0.1, -0.05) is 29.8 Å². The molecule has 0 bridgehead atoms. The van der Waals surface area contributed by atoms with Gasteiger partial charge in [0.1, 0.15) is 0 Å². The molecule has 2 aromatic rings. The van der Waals surface area contributed by atoms with Crippen LogP contribution in [0.1, 0.15) is 17.5 Å².